The molecule has 0 bridgehead atoms. The third kappa shape index (κ3) is 4.13. The molecule has 5 nitrogen and oxygen atoms in total. The topological polar surface area (TPSA) is 57.3 Å². The second-order valence-corrected chi connectivity index (χ2v) is 4.12. The van der Waals surface area contributed by atoms with Crippen molar-refractivity contribution in [1.82, 2.24) is 20.5 Å². The number of rotatable bonds is 4. The van der Waals surface area contributed by atoms with Crippen LogP contribution in [0.25, 0.3) is 0 Å². The van der Waals surface area contributed by atoms with Gasteiger partial charge in [-0.25, -0.2) is 0 Å². The average molecular weight is 234 g/mol. The molecule has 0 radical (unpaired) electrons. The number of aromatic nitrogens is 1. The molecule has 0 unspecified atom stereocenters. The molecule has 2 heterocycles. The Morgan fingerprint density at radius 2 is 2.24 bits per heavy atom. The van der Waals surface area contributed by atoms with Crippen LogP contribution in [0.3, 0.4) is 0 Å². The van der Waals surface area contributed by atoms with Gasteiger partial charge in [0.1, 0.15) is 0 Å². The lowest BCUT2D eigenvalue weighted by Gasteiger charge is -2.26. The Morgan fingerprint density at radius 3 is 2.94 bits per heavy atom. The summed E-state index contributed by atoms with van der Waals surface area (Å²) in [4.78, 5) is 18.0. The van der Waals surface area contributed by atoms with Crippen molar-refractivity contribution in [2.75, 3.05) is 32.7 Å². The first-order valence-corrected chi connectivity index (χ1v) is 5.94. The summed E-state index contributed by atoms with van der Waals surface area (Å²) in [5, 5.41) is 6.15. The van der Waals surface area contributed by atoms with E-state index in [9.17, 15) is 4.79 Å². The van der Waals surface area contributed by atoms with Gasteiger partial charge in [0.05, 0.1) is 18.8 Å². The van der Waals surface area contributed by atoms with Crippen molar-refractivity contribution in [3.63, 3.8) is 0 Å². The van der Waals surface area contributed by atoms with Crippen LogP contribution >= 0.6 is 0 Å². The monoisotopic (exact) mass is 234 g/mol. The number of nitrogens with zero attached hydrogens (tertiary/aromatic N) is 2. The van der Waals surface area contributed by atoms with Crippen molar-refractivity contribution in [3.8, 4) is 0 Å². The average Bonchev–Trinajstić information content (AvgIpc) is 2.39. The van der Waals surface area contributed by atoms with Gasteiger partial charge in [-0.1, -0.05) is 6.07 Å². The predicted octanol–water partition coefficient (Wildman–Crippen LogP) is -0.397. The SMILES string of the molecule is O=C(CN1CCNCC1)NCc1ccccn1. The Balaban J connectivity index is 1.70. The third-order valence-electron chi connectivity index (χ3n) is 2.77. The maximum atomic E-state index is 11.7. The number of nitrogens with one attached hydrogen (secondary N) is 2. The first-order chi connectivity index (χ1) is 8.34. The van der Waals surface area contributed by atoms with Crippen molar-refractivity contribution >= 4 is 5.91 Å². The molecule has 1 aliphatic rings. The van der Waals surface area contributed by atoms with Crippen molar-refractivity contribution < 1.29 is 4.79 Å². The molecule has 0 aliphatic carbocycles. The molecule has 92 valence electrons. The van der Waals surface area contributed by atoms with Gasteiger partial charge in [0.2, 0.25) is 5.91 Å². The Kier molecular flexibility index (Phi) is 4.46. The van der Waals surface area contributed by atoms with E-state index in [0.29, 0.717) is 13.1 Å². The zero-order chi connectivity index (χ0) is 11.9. The summed E-state index contributed by atoms with van der Waals surface area (Å²) >= 11 is 0. The number of hydrogen-bond donors (Lipinski definition) is 2. The molecule has 1 fully saturated rings. The number of hydrogen-bond acceptors (Lipinski definition) is 4. The minimum Gasteiger partial charge on any atom is -0.349 e. The lowest BCUT2D eigenvalue weighted by Crippen LogP contribution is -2.47. The standard InChI is InChI=1S/C12H18N4O/c17-12(10-16-7-5-13-6-8-16)15-9-11-3-1-2-4-14-11/h1-4,13H,5-10H2,(H,15,17). The summed E-state index contributed by atoms with van der Waals surface area (Å²) in [6.07, 6.45) is 1.73. The summed E-state index contributed by atoms with van der Waals surface area (Å²) in [5.74, 6) is 0.0672. The number of carbonyl (C=O) groups is 1. The molecule has 0 spiro atoms. The second-order valence-electron chi connectivity index (χ2n) is 4.12. The van der Waals surface area contributed by atoms with Crippen LogP contribution in [0, 0.1) is 0 Å². The summed E-state index contributed by atoms with van der Waals surface area (Å²) < 4.78 is 0. The van der Waals surface area contributed by atoms with Crippen LogP contribution in [-0.4, -0.2) is 48.5 Å². The Morgan fingerprint density at radius 1 is 1.41 bits per heavy atom. The summed E-state index contributed by atoms with van der Waals surface area (Å²) in [6, 6.07) is 5.70. The molecule has 1 saturated heterocycles. The van der Waals surface area contributed by atoms with E-state index in [2.05, 4.69) is 20.5 Å². The molecule has 5 heteroatoms. The van der Waals surface area contributed by atoms with E-state index >= 15 is 0 Å². The molecule has 0 atom stereocenters. The van der Waals surface area contributed by atoms with Crippen LogP contribution in [0.5, 0.6) is 0 Å². The van der Waals surface area contributed by atoms with Gasteiger partial charge in [0.15, 0.2) is 0 Å². The van der Waals surface area contributed by atoms with Gasteiger partial charge in [-0.15, -0.1) is 0 Å². The number of pyridine rings is 1. The van der Waals surface area contributed by atoms with Crippen LogP contribution in [0.2, 0.25) is 0 Å². The highest BCUT2D eigenvalue weighted by Crippen LogP contribution is 1.94. The molecule has 1 amide bonds. The number of carbonyl (C=O) groups excluding carboxylic acids is 1. The molecule has 2 rings (SSSR count). The summed E-state index contributed by atoms with van der Waals surface area (Å²) in [6.45, 7) is 4.80. The third-order valence-corrected chi connectivity index (χ3v) is 2.77. The first-order valence-electron chi connectivity index (χ1n) is 5.94. The van der Waals surface area contributed by atoms with Gasteiger partial charge in [0, 0.05) is 32.4 Å². The smallest absolute Gasteiger partial charge is 0.234 e. The molecule has 1 aliphatic heterocycles. The van der Waals surface area contributed by atoms with E-state index in [0.717, 1.165) is 31.9 Å². The lowest BCUT2D eigenvalue weighted by molar-refractivity contribution is -0.122. The van der Waals surface area contributed by atoms with Gasteiger partial charge >= 0.3 is 0 Å². The molecule has 1 aromatic rings. The summed E-state index contributed by atoms with van der Waals surface area (Å²) in [7, 11) is 0. The van der Waals surface area contributed by atoms with Crippen molar-refractivity contribution in [2.24, 2.45) is 0 Å². The molecular weight excluding hydrogens is 216 g/mol. The molecule has 2 N–H and O–H groups in total. The van der Waals surface area contributed by atoms with Crippen molar-refractivity contribution in [2.45, 2.75) is 6.54 Å². The zero-order valence-electron chi connectivity index (χ0n) is 9.85. The van der Waals surface area contributed by atoms with Gasteiger partial charge in [-0.05, 0) is 12.1 Å². The Labute approximate surface area is 101 Å². The van der Waals surface area contributed by atoms with Gasteiger partial charge < -0.3 is 10.6 Å². The van der Waals surface area contributed by atoms with E-state index in [4.69, 9.17) is 0 Å². The van der Waals surface area contributed by atoms with E-state index in [-0.39, 0.29) is 5.91 Å². The maximum absolute atomic E-state index is 11.7. The molecule has 1 aromatic heterocycles. The molecule has 0 aromatic carbocycles. The first kappa shape index (κ1) is 12.0. The van der Waals surface area contributed by atoms with Crippen LogP contribution < -0.4 is 10.6 Å². The number of amides is 1. The fourth-order valence-electron chi connectivity index (χ4n) is 1.82. The highest BCUT2D eigenvalue weighted by atomic mass is 16.2. The quantitative estimate of drug-likeness (QED) is 0.744. The second kappa shape index (κ2) is 6.32. The Bertz CT molecular complexity index is 349. The highest BCUT2D eigenvalue weighted by molar-refractivity contribution is 5.77. The van der Waals surface area contributed by atoms with Gasteiger partial charge in [-0.2, -0.15) is 0 Å². The van der Waals surface area contributed by atoms with Gasteiger partial charge in [0.25, 0.3) is 0 Å². The van der Waals surface area contributed by atoms with E-state index in [1.54, 1.807) is 6.20 Å². The van der Waals surface area contributed by atoms with Crippen molar-refractivity contribution in [1.29, 1.82) is 0 Å². The fraction of sp³-hybridized carbons (Fsp3) is 0.500. The lowest BCUT2D eigenvalue weighted by atomic mass is 10.3. The largest absolute Gasteiger partial charge is 0.349 e. The normalized spacial score (nSPS) is 16.7. The van der Waals surface area contributed by atoms with Gasteiger partial charge in [-0.3, -0.25) is 14.7 Å². The van der Waals surface area contributed by atoms with E-state index in [1.807, 2.05) is 18.2 Å². The predicted molar refractivity (Wildman–Crippen MR) is 65.4 cm³/mol. The van der Waals surface area contributed by atoms with Crippen LogP contribution in [0.15, 0.2) is 24.4 Å². The Hall–Kier alpha value is -1.46. The molecular formula is C12H18N4O. The van der Waals surface area contributed by atoms with E-state index < -0.39 is 0 Å². The summed E-state index contributed by atoms with van der Waals surface area (Å²) in [5.41, 5.74) is 0.890. The maximum Gasteiger partial charge on any atom is 0.234 e. The molecule has 0 saturated carbocycles. The van der Waals surface area contributed by atoms with Crippen LogP contribution in [-0.2, 0) is 11.3 Å². The van der Waals surface area contributed by atoms with Crippen LogP contribution in [0.1, 0.15) is 5.69 Å². The zero-order valence-corrected chi connectivity index (χ0v) is 9.85. The molecule has 17 heavy (non-hydrogen) atoms. The number of piperazine rings is 1. The van der Waals surface area contributed by atoms with Crippen LogP contribution in [0.4, 0.5) is 0 Å². The fourth-order valence-corrected chi connectivity index (χ4v) is 1.82. The minimum absolute atomic E-state index is 0.0672. The minimum atomic E-state index is 0.0672. The highest BCUT2D eigenvalue weighted by Gasteiger charge is 2.12. The van der Waals surface area contributed by atoms with Crippen molar-refractivity contribution in [3.05, 3.63) is 30.1 Å². The van der Waals surface area contributed by atoms with E-state index in [1.165, 1.54) is 0 Å².